The minimum absolute atomic E-state index is 0. The Hall–Kier alpha value is -2.16. The van der Waals surface area contributed by atoms with Gasteiger partial charge in [-0.2, -0.15) is 0 Å². The van der Waals surface area contributed by atoms with Crippen molar-refractivity contribution < 1.29 is 13.6 Å². The summed E-state index contributed by atoms with van der Waals surface area (Å²) in [6.07, 6.45) is 1.34. The Morgan fingerprint density at radius 3 is 2.00 bits per heavy atom. The summed E-state index contributed by atoms with van der Waals surface area (Å²) in [6.45, 7) is 6.78. The van der Waals surface area contributed by atoms with E-state index in [0.29, 0.717) is 5.56 Å². The summed E-state index contributed by atoms with van der Waals surface area (Å²) in [4.78, 5) is 15.2. The van der Waals surface area contributed by atoms with Gasteiger partial charge < -0.3 is 10.2 Å². The largest absolute Gasteiger partial charge is 0.406 e. The molecule has 0 spiro atoms. The number of Topliss-reactive ketones (excluding diaryl/α,β-unsaturated/α-hetero) is 1. The summed E-state index contributed by atoms with van der Waals surface area (Å²) in [7, 11) is -2.01. The number of halogens is 2. The lowest BCUT2D eigenvalue weighted by molar-refractivity contribution is 0.00767. The van der Waals surface area contributed by atoms with Crippen LogP contribution >= 0.6 is 17.0 Å². The minimum atomic E-state index is -2.01. The van der Waals surface area contributed by atoms with E-state index >= 15 is 0 Å². The third kappa shape index (κ3) is 6.78. The Kier molecular flexibility index (Phi) is 9.77. The smallest absolute Gasteiger partial charge is 0.240 e. The molecule has 2 N–H and O–H groups in total. The summed E-state index contributed by atoms with van der Waals surface area (Å²) >= 11 is 0. The van der Waals surface area contributed by atoms with Gasteiger partial charge >= 0.3 is 0 Å². The highest BCUT2D eigenvalue weighted by Gasteiger charge is 2.44. The first-order valence-corrected chi connectivity index (χ1v) is 13.9. The van der Waals surface area contributed by atoms with Crippen LogP contribution in [0.25, 0.3) is 0 Å². The van der Waals surface area contributed by atoms with Crippen molar-refractivity contribution in [1.29, 1.82) is 0 Å². The van der Waals surface area contributed by atoms with Gasteiger partial charge in [0.1, 0.15) is 5.82 Å². The second-order valence-electron chi connectivity index (χ2n) is 10.4. The SMILES string of the molecule is Br.CC(C)(C)C(O[SiH](c1ccccc1)c1ccccc1)C1CCC(N)N1CC(=O)c1ccc(F)cc1. The van der Waals surface area contributed by atoms with E-state index in [-0.39, 0.29) is 58.9 Å². The van der Waals surface area contributed by atoms with Crippen LogP contribution in [0.5, 0.6) is 0 Å². The van der Waals surface area contributed by atoms with Crippen LogP contribution in [0, 0.1) is 11.2 Å². The molecule has 3 unspecified atom stereocenters. The first-order chi connectivity index (χ1) is 16.7. The number of rotatable bonds is 8. The molecule has 1 aliphatic heterocycles. The molecule has 3 atom stereocenters. The van der Waals surface area contributed by atoms with Crippen molar-refractivity contribution in [3.05, 3.63) is 96.3 Å². The Morgan fingerprint density at radius 1 is 0.972 bits per heavy atom. The van der Waals surface area contributed by atoms with E-state index in [9.17, 15) is 9.18 Å². The van der Waals surface area contributed by atoms with Gasteiger partial charge in [-0.15, -0.1) is 17.0 Å². The van der Waals surface area contributed by atoms with E-state index in [1.54, 1.807) is 12.1 Å². The fourth-order valence-corrected chi connectivity index (χ4v) is 7.72. The molecule has 1 aliphatic rings. The van der Waals surface area contributed by atoms with Crippen LogP contribution in [0.3, 0.4) is 0 Å². The zero-order valence-corrected chi connectivity index (χ0v) is 24.0. The lowest BCUT2D eigenvalue weighted by Crippen LogP contribution is -2.57. The molecule has 4 rings (SSSR count). The van der Waals surface area contributed by atoms with E-state index in [0.717, 1.165) is 12.8 Å². The van der Waals surface area contributed by atoms with Crippen LogP contribution in [0.15, 0.2) is 84.9 Å². The molecule has 1 fully saturated rings. The van der Waals surface area contributed by atoms with Gasteiger partial charge in [-0.25, -0.2) is 4.39 Å². The fraction of sp³-hybridized carbons (Fsp3) is 0.345. The average molecular weight is 572 g/mol. The van der Waals surface area contributed by atoms with Gasteiger partial charge in [0.15, 0.2) is 5.78 Å². The second-order valence-corrected chi connectivity index (χ2v) is 12.8. The molecule has 36 heavy (non-hydrogen) atoms. The van der Waals surface area contributed by atoms with Gasteiger partial charge in [0.2, 0.25) is 9.04 Å². The fourth-order valence-electron chi connectivity index (χ4n) is 5.00. The predicted octanol–water partition coefficient (Wildman–Crippen LogP) is 4.31. The number of likely N-dealkylation sites (tertiary alicyclic amines) is 1. The molecule has 3 aromatic rings. The van der Waals surface area contributed by atoms with Crippen LogP contribution in [0.1, 0.15) is 44.0 Å². The monoisotopic (exact) mass is 570 g/mol. The maximum Gasteiger partial charge on any atom is 0.240 e. The number of ketones is 1. The van der Waals surface area contributed by atoms with Crippen molar-refractivity contribution in [1.82, 2.24) is 4.90 Å². The van der Waals surface area contributed by atoms with E-state index in [1.807, 2.05) is 12.1 Å². The average Bonchev–Trinajstić information content (AvgIpc) is 3.20. The summed E-state index contributed by atoms with van der Waals surface area (Å²) < 4.78 is 20.5. The van der Waals surface area contributed by atoms with E-state index in [2.05, 4.69) is 74.2 Å². The van der Waals surface area contributed by atoms with Crippen LogP contribution < -0.4 is 16.1 Å². The highest BCUT2D eigenvalue weighted by Crippen LogP contribution is 2.35. The Bertz CT molecular complexity index is 1070. The highest BCUT2D eigenvalue weighted by molar-refractivity contribution is 8.93. The zero-order chi connectivity index (χ0) is 25.0. The van der Waals surface area contributed by atoms with Crippen LogP contribution in [-0.2, 0) is 4.43 Å². The predicted molar refractivity (Wildman–Crippen MR) is 152 cm³/mol. The van der Waals surface area contributed by atoms with Crippen molar-refractivity contribution in [3.63, 3.8) is 0 Å². The molecule has 1 saturated heterocycles. The third-order valence-corrected chi connectivity index (χ3v) is 9.34. The number of benzene rings is 3. The Balaban J connectivity index is 0.00000361. The van der Waals surface area contributed by atoms with Gasteiger partial charge in [-0.05, 0) is 52.9 Å². The molecule has 4 nitrogen and oxygen atoms in total. The molecule has 7 heteroatoms. The second kappa shape index (κ2) is 12.4. The molecule has 0 bridgehead atoms. The Morgan fingerprint density at radius 2 is 1.50 bits per heavy atom. The molecular weight excluding hydrogens is 535 g/mol. The molecule has 0 aliphatic carbocycles. The lowest BCUT2D eigenvalue weighted by Gasteiger charge is -2.42. The van der Waals surface area contributed by atoms with Crippen LogP contribution in [-0.4, -0.2) is 44.6 Å². The van der Waals surface area contributed by atoms with Gasteiger partial charge in [-0.1, -0.05) is 81.4 Å². The normalized spacial score (nSPS) is 19.2. The zero-order valence-electron chi connectivity index (χ0n) is 21.1. The molecule has 0 saturated carbocycles. The standard InChI is InChI=1S/C29H35FN2O2Si.BrH/c1-29(2,3)28(34-35(23-10-6-4-7-11-23)24-12-8-5-9-13-24)25-18-19-27(31)32(25)20-26(33)21-14-16-22(30)17-15-21;/h4-17,25,27-28,35H,18-20,31H2,1-3H3;1H. The number of nitrogens with zero attached hydrogens (tertiary/aromatic N) is 1. The van der Waals surface area contributed by atoms with Gasteiger partial charge in [-0.3, -0.25) is 9.69 Å². The van der Waals surface area contributed by atoms with Gasteiger partial charge in [0, 0.05) is 11.6 Å². The maximum absolute atomic E-state index is 13.4. The van der Waals surface area contributed by atoms with E-state index in [4.69, 9.17) is 10.2 Å². The first-order valence-electron chi connectivity index (χ1n) is 12.3. The van der Waals surface area contributed by atoms with Crippen LogP contribution in [0.4, 0.5) is 4.39 Å². The quantitative estimate of drug-likeness (QED) is 0.324. The summed E-state index contributed by atoms with van der Waals surface area (Å²) in [5.74, 6) is -0.406. The molecule has 192 valence electrons. The number of carbonyl (C=O) groups excluding carboxylic acids is 1. The molecule has 0 aromatic heterocycles. The topological polar surface area (TPSA) is 55.6 Å². The summed E-state index contributed by atoms with van der Waals surface area (Å²) in [5, 5.41) is 2.45. The van der Waals surface area contributed by atoms with Crippen LogP contribution in [0.2, 0.25) is 0 Å². The molecular formula is C29H36BrFN2O2Si. The lowest BCUT2D eigenvalue weighted by atomic mass is 9.83. The Labute approximate surface area is 226 Å². The van der Waals surface area contributed by atoms with Gasteiger partial charge in [0.05, 0.1) is 18.8 Å². The molecule has 1 heterocycles. The van der Waals surface area contributed by atoms with Crippen molar-refractivity contribution in [2.45, 2.75) is 51.9 Å². The van der Waals surface area contributed by atoms with Gasteiger partial charge in [0.25, 0.3) is 0 Å². The highest BCUT2D eigenvalue weighted by atomic mass is 79.9. The third-order valence-electron chi connectivity index (χ3n) is 6.79. The minimum Gasteiger partial charge on any atom is -0.406 e. The summed E-state index contributed by atoms with van der Waals surface area (Å²) in [5.41, 5.74) is 6.86. The number of hydrogen-bond acceptors (Lipinski definition) is 4. The molecule has 0 radical (unpaired) electrons. The van der Waals surface area contributed by atoms with Crippen molar-refractivity contribution in [2.75, 3.05) is 6.54 Å². The van der Waals surface area contributed by atoms with Crippen molar-refractivity contribution in [3.8, 4) is 0 Å². The van der Waals surface area contributed by atoms with Crippen molar-refractivity contribution >= 4 is 42.2 Å². The van der Waals surface area contributed by atoms with E-state index in [1.165, 1.54) is 22.5 Å². The maximum atomic E-state index is 13.4. The molecule has 3 aromatic carbocycles. The van der Waals surface area contributed by atoms with Crippen molar-refractivity contribution in [2.24, 2.45) is 11.1 Å². The summed E-state index contributed by atoms with van der Waals surface area (Å²) in [6, 6.07) is 26.7. The number of nitrogens with two attached hydrogens (primary N) is 1. The van der Waals surface area contributed by atoms with E-state index < -0.39 is 9.04 Å². The first kappa shape index (κ1) is 28.4. The number of carbonyl (C=O) groups is 1. The molecule has 0 amide bonds. The number of hydrogen-bond donors (Lipinski definition) is 1.